The fraction of sp³-hybridized carbons (Fsp3) is 0.312. The Kier molecular flexibility index (Phi) is 3.71. The summed E-state index contributed by atoms with van der Waals surface area (Å²) in [5.74, 6) is 0.413. The van der Waals surface area contributed by atoms with Crippen LogP contribution in [-0.4, -0.2) is 17.0 Å². The van der Waals surface area contributed by atoms with E-state index in [0.717, 1.165) is 5.56 Å². The topological polar surface area (TPSA) is 52.8 Å². The molecule has 0 fully saturated rings. The van der Waals surface area contributed by atoms with Crippen molar-refractivity contribution in [2.45, 2.75) is 27.7 Å². The summed E-state index contributed by atoms with van der Waals surface area (Å²) in [4.78, 5) is 9.86. The van der Waals surface area contributed by atoms with Gasteiger partial charge in [-0.25, -0.2) is 9.97 Å². The molecule has 4 heteroatoms. The molecule has 0 N–H and O–H groups in total. The van der Waals surface area contributed by atoms with Crippen LogP contribution in [0.3, 0.4) is 0 Å². The third kappa shape index (κ3) is 2.35. The van der Waals surface area contributed by atoms with Gasteiger partial charge in [0.15, 0.2) is 6.19 Å². The van der Waals surface area contributed by atoms with Gasteiger partial charge in [0.1, 0.15) is 0 Å². The summed E-state index contributed by atoms with van der Waals surface area (Å²) in [6.07, 6.45) is 5.55. The summed E-state index contributed by atoms with van der Waals surface area (Å²) < 4.78 is 0. The first kappa shape index (κ1) is 14.0. The maximum Gasteiger partial charge on any atom is 0.238 e. The maximum atomic E-state index is 8.83. The van der Waals surface area contributed by atoms with Crippen molar-refractivity contribution in [1.82, 2.24) is 9.97 Å². The molecule has 2 rings (SSSR count). The number of benzene rings is 1. The Hall–Kier alpha value is -2.41. The number of rotatable bonds is 2. The van der Waals surface area contributed by atoms with Gasteiger partial charge < -0.3 is 0 Å². The number of nitriles is 1. The number of hydrogen-bond donors (Lipinski definition) is 0. The lowest BCUT2D eigenvalue weighted by Crippen LogP contribution is -2.11. The molecule has 0 unspecified atom stereocenters. The van der Waals surface area contributed by atoms with Crippen molar-refractivity contribution < 1.29 is 0 Å². The summed E-state index contributed by atoms with van der Waals surface area (Å²) in [6, 6.07) is 2.20. The summed E-state index contributed by atoms with van der Waals surface area (Å²) in [5.41, 5.74) is 7.20. The van der Waals surface area contributed by atoms with Crippen molar-refractivity contribution >= 4 is 5.95 Å². The van der Waals surface area contributed by atoms with E-state index in [9.17, 15) is 0 Å². The molecule has 0 spiro atoms. The van der Waals surface area contributed by atoms with Crippen LogP contribution in [0.5, 0.6) is 0 Å². The van der Waals surface area contributed by atoms with Crippen molar-refractivity contribution in [3.05, 3.63) is 40.7 Å². The fourth-order valence-corrected chi connectivity index (χ4v) is 2.32. The lowest BCUT2D eigenvalue weighted by molar-refractivity contribution is 1.04. The second kappa shape index (κ2) is 5.30. The third-order valence-corrected chi connectivity index (χ3v) is 3.74. The normalized spacial score (nSPS) is 10.2. The molecule has 0 aliphatic heterocycles. The Morgan fingerprint density at radius 2 is 1.50 bits per heavy atom. The number of anilines is 1. The summed E-state index contributed by atoms with van der Waals surface area (Å²) >= 11 is 0. The first-order valence-corrected chi connectivity index (χ1v) is 6.49. The minimum Gasteiger partial charge on any atom is -0.250 e. The zero-order valence-corrected chi connectivity index (χ0v) is 12.5. The molecule has 0 aliphatic carbocycles. The van der Waals surface area contributed by atoms with E-state index in [0.29, 0.717) is 5.95 Å². The molecular formula is C16H18N4. The molecule has 102 valence electrons. The monoisotopic (exact) mass is 266 g/mol. The van der Waals surface area contributed by atoms with Gasteiger partial charge in [0.25, 0.3) is 0 Å². The molecule has 1 heterocycles. The van der Waals surface area contributed by atoms with Gasteiger partial charge in [0.05, 0.1) is 0 Å². The molecule has 1 aromatic heterocycles. The van der Waals surface area contributed by atoms with Crippen molar-refractivity contribution in [3.63, 3.8) is 0 Å². The highest BCUT2D eigenvalue weighted by Crippen LogP contribution is 2.31. The van der Waals surface area contributed by atoms with E-state index < -0.39 is 0 Å². The minimum atomic E-state index is 0.413. The molecular weight excluding hydrogens is 248 g/mol. The van der Waals surface area contributed by atoms with Gasteiger partial charge in [-0.05, 0) is 55.5 Å². The van der Waals surface area contributed by atoms with Crippen LogP contribution in [0.2, 0.25) is 0 Å². The van der Waals surface area contributed by atoms with Gasteiger partial charge in [0.2, 0.25) is 5.95 Å². The number of nitrogens with zero attached hydrogens (tertiary/aromatic N) is 4. The van der Waals surface area contributed by atoms with Crippen LogP contribution in [-0.2, 0) is 0 Å². The van der Waals surface area contributed by atoms with E-state index in [4.69, 9.17) is 5.26 Å². The highest BCUT2D eigenvalue weighted by Gasteiger charge is 2.12. The van der Waals surface area contributed by atoms with Crippen LogP contribution < -0.4 is 4.90 Å². The van der Waals surface area contributed by atoms with Crippen LogP contribution in [0.15, 0.2) is 18.5 Å². The fourth-order valence-electron chi connectivity index (χ4n) is 2.32. The quantitative estimate of drug-likeness (QED) is 0.618. The van der Waals surface area contributed by atoms with Crippen LogP contribution >= 0.6 is 0 Å². The number of hydrogen-bond acceptors (Lipinski definition) is 4. The van der Waals surface area contributed by atoms with E-state index in [1.54, 1.807) is 19.4 Å². The lowest BCUT2D eigenvalue weighted by atomic mass is 9.91. The Balaban J connectivity index is 2.56. The second-order valence-electron chi connectivity index (χ2n) is 5.07. The van der Waals surface area contributed by atoms with Crippen molar-refractivity contribution in [3.8, 4) is 17.3 Å². The second-order valence-corrected chi connectivity index (χ2v) is 5.07. The highest BCUT2D eigenvalue weighted by molar-refractivity contribution is 5.72. The largest absolute Gasteiger partial charge is 0.250 e. The Morgan fingerprint density at radius 3 is 1.95 bits per heavy atom. The average molecular weight is 266 g/mol. The van der Waals surface area contributed by atoms with E-state index in [-0.39, 0.29) is 0 Å². The minimum absolute atomic E-state index is 0.413. The third-order valence-electron chi connectivity index (χ3n) is 3.74. The van der Waals surface area contributed by atoms with Gasteiger partial charge in [0, 0.05) is 25.0 Å². The zero-order valence-electron chi connectivity index (χ0n) is 12.5. The van der Waals surface area contributed by atoms with Crippen LogP contribution in [0.25, 0.3) is 11.1 Å². The molecule has 1 aromatic carbocycles. The lowest BCUT2D eigenvalue weighted by Gasteiger charge is -2.15. The Bertz CT molecular complexity index is 655. The molecule has 2 aromatic rings. The van der Waals surface area contributed by atoms with Crippen molar-refractivity contribution in [2.24, 2.45) is 0 Å². The zero-order chi connectivity index (χ0) is 14.9. The molecule has 0 saturated carbocycles. The summed E-state index contributed by atoms with van der Waals surface area (Å²) in [6.45, 7) is 8.47. The maximum absolute atomic E-state index is 8.83. The van der Waals surface area contributed by atoms with Gasteiger partial charge in [-0.3, -0.25) is 4.90 Å². The highest BCUT2D eigenvalue weighted by atomic mass is 15.2. The number of aryl methyl sites for hydroxylation is 2. The standard InChI is InChI=1S/C16H18N4/c1-10-6-11(2)13(4)15(12(10)3)14-7-18-16(19-8-14)20(5)9-17/h6-8H,1-5H3. The molecule has 4 nitrogen and oxygen atoms in total. The van der Waals surface area contributed by atoms with E-state index >= 15 is 0 Å². The van der Waals surface area contributed by atoms with E-state index in [2.05, 4.69) is 43.7 Å². The summed E-state index contributed by atoms with van der Waals surface area (Å²) in [7, 11) is 1.64. The smallest absolute Gasteiger partial charge is 0.238 e. The SMILES string of the molecule is Cc1cc(C)c(C)c(-c2cnc(N(C)C#N)nc2)c1C. The van der Waals surface area contributed by atoms with Gasteiger partial charge in [-0.2, -0.15) is 5.26 Å². The molecule has 20 heavy (non-hydrogen) atoms. The van der Waals surface area contributed by atoms with Gasteiger partial charge in [-0.15, -0.1) is 0 Å². The van der Waals surface area contributed by atoms with Gasteiger partial charge >= 0.3 is 0 Å². The molecule has 0 aliphatic rings. The predicted molar refractivity (Wildman–Crippen MR) is 80.4 cm³/mol. The molecule has 0 saturated heterocycles. The first-order chi connectivity index (χ1) is 9.45. The molecule has 0 bridgehead atoms. The predicted octanol–water partition coefficient (Wildman–Crippen LogP) is 3.29. The first-order valence-electron chi connectivity index (χ1n) is 6.49. The number of aromatic nitrogens is 2. The van der Waals surface area contributed by atoms with Crippen molar-refractivity contribution in [1.29, 1.82) is 5.26 Å². The van der Waals surface area contributed by atoms with E-state index in [1.807, 2.05) is 6.19 Å². The van der Waals surface area contributed by atoms with Crippen LogP contribution in [0.4, 0.5) is 5.95 Å². The molecule has 0 atom stereocenters. The van der Waals surface area contributed by atoms with Crippen LogP contribution in [0.1, 0.15) is 22.3 Å². The average Bonchev–Trinajstić information content (AvgIpc) is 2.45. The van der Waals surface area contributed by atoms with Crippen LogP contribution in [0, 0.1) is 39.1 Å². The van der Waals surface area contributed by atoms with E-state index in [1.165, 1.54) is 32.7 Å². The molecule has 0 amide bonds. The Labute approximate surface area is 119 Å². The van der Waals surface area contributed by atoms with Crippen molar-refractivity contribution in [2.75, 3.05) is 11.9 Å². The van der Waals surface area contributed by atoms with Gasteiger partial charge in [-0.1, -0.05) is 6.07 Å². The Morgan fingerprint density at radius 1 is 1.00 bits per heavy atom. The summed E-state index contributed by atoms with van der Waals surface area (Å²) in [5, 5.41) is 8.83. The molecule has 0 radical (unpaired) electrons.